The van der Waals surface area contributed by atoms with Gasteiger partial charge in [-0.2, -0.15) is 4.98 Å². The van der Waals surface area contributed by atoms with E-state index in [1.807, 2.05) is 24.3 Å². The van der Waals surface area contributed by atoms with Crippen LogP contribution in [-0.4, -0.2) is 38.0 Å². The van der Waals surface area contributed by atoms with Crippen molar-refractivity contribution in [2.75, 3.05) is 0 Å². The van der Waals surface area contributed by atoms with Gasteiger partial charge in [0.15, 0.2) is 5.65 Å². The largest absolute Gasteiger partial charge is 0.481 e. The lowest BCUT2D eigenvalue weighted by Crippen LogP contribution is -2.44. The van der Waals surface area contributed by atoms with Crippen LogP contribution in [0.2, 0.25) is 0 Å². The van der Waals surface area contributed by atoms with E-state index >= 15 is 0 Å². The Kier molecular flexibility index (Phi) is 5.72. The first-order valence-corrected chi connectivity index (χ1v) is 10.4. The molecule has 0 aliphatic carbocycles. The SMILES string of the molecule is Cl.O=C(O)C1C[C@H]2CC[C@@H](C1)N2Cc1ccc(Oc2nc3ncccc3s2)cc1. The number of carboxylic acids is 1. The first-order chi connectivity index (χ1) is 13.7. The van der Waals surface area contributed by atoms with Gasteiger partial charge in [0.25, 0.3) is 5.19 Å². The molecule has 8 heteroatoms. The van der Waals surface area contributed by atoms with Crippen LogP contribution in [0, 0.1) is 5.92 Å². The number of aromatic nitrogens is 2. The zero-order chi connectivity index (χ0) is 19.1. The van der Waals surface area contributed by atoms with Crippen molar-refractivity contribution in [2.24, 2.45) is 5.92 Å². The summed E-state index contributed by atoms with van der Waals surface area (Å²) in [7, 11) is 0. The Hall–Kier alpha value is -2.22. The van der Waals surface area contributed by atoms with Crippen molar-refractivity contribution in [3.63, 3.8) is 0 Å². The number of halogens is 1. The molecule has 2 bridgehead atoms. The molecule has 5 rings (SSSR count). The standard InChI is InChI=1S/C21H21N3O3S.ClH/c25-20(26)14-10-15-5-6-16(11-14)24(15)12-13-3-7-17(8-4-13)27-21-23-19-18(28-21)2-1-9-22-19;/h1-4,7-9,14-16H,5-6,10-12H2,(H,25,26);1H/t14?,15-,16+;. The quantitative estimate of drug-likeness (QED) is 0.629. The smallest absolute Gasteiger partial charge is 0.306 e. The minimum absolute atomic E-state index is 0. The van der Waals surface area contributed by atoms with Crippen molar-refractivity contribution < 1.29 is 14.6 Å². The van der Waals surface area contributed by atoms with Gasteiger partial charge in [-0.3, -0.25) is 9.69 Å². The fraction of sp³-hybridized carbons (Fsp3) is 0.381. The third-order valence-electron chi connectivity index (χ3n) is 5.87. The molecule has 0 amide bonds. The van der Waals surface area contributed by atoms with Crippen molar-refractivity contribution in [2.45, 2.75) is 44.3 Å². The Bertz CT molecular complexity index is 963. The topological polar surface area (TPSA) is 75.5 Å². The van der Waals surface area contributed by atoms with Gasteiger partial charge in [-0.15, -0.1) is 12.4 Å². The van der Waals surface area contributed by atoms with Gasteiger partial charge >= 0.3 is 5.97 Å². The fourth-order valence-corrected chi connectivity index (χ4v) is 5.30. The number of nitrogens with zero attached hydrogens (tertiary/aromatic N) is 3. The van der Waals surface area contributed by atoms with Gasteiger partial charge in [-0.1, -0.05) is 23.5 Å². The first-order valence-electron chi connectivity index (χ1n) is 9.62. The second kappa shape index (κ2) is 8.26. The van der Waals surface area contributed by atoms with E-state index in [1.165, 1.54) is 16.9 Å². The number of hydrogen-bond acceptors (Lipinski definition) is 6. The van der Waals surface area contributed by atoms with Gasteiger partial charge in [-0.25, -0.2) is 4.98 Å². The van der Waals surface area contributed by atoms with Crippen LogP contribution in [0.25, 0.3) is 10.3 Å². The highest BCUT2D eigenvalue weighted by Gasteiger charge is 2.42. The number of rotatable bonds is 5. The number of pyridine rings is 1. The molecule has 0 saturated carbocycles. The summed E-state index contributed by atoms with van der Waals surface area (Å²) in [5.74, 6) is -0.0497. The molecule has 2 fully saturated rings. The summed E-state index contributed by atoms with van der Waals surface area (Å²) >= 11 is 1.48. The Morgan fingerprint density at radius 3 is 2.55 bits per heavy atom. The number of benzene rings is 1. The maximum absolute atomic E-state index is 11.3. The molecule has 1 unspecified atom stereocenters. The molecule has 2 aliphatic rings. The molecule has 4 heterocycles. The molecule has 3 aromatic rings. The third-order valence-corrected chi connectivity index (χ3v) is 6.76. The van der Waals surface area contributed by atoms with E-state index in [4.69, 9.17) is 4.74 Å². The summed E-state index contributed by atoms with van der Waals surface area (Å²) in [6, 6.07) is 12.8. The Morgan fingerprint density at radius 2 is 1.90 bits per heavy atom. The van der Waals surface area contributed by atoms with E-state index < -0.39 is 5.97 Å². The summed E-state index contributed by atoms with van der Waals surface area (Å²) in [6.45, 7) is 0.868. The van der Waals surface area contributed by atoms with E-state index in [0.29, 0.717) is 22.9 Å². The molecule has 6 nitrogen and oxygen atoms in total. The minimum atomic E-state index is -0.636. The number of carbonyl (C=O) groups is 1. The Morgan fingerprint density at radius 1 is 1.17 bits per heavy atom. The van der Waals surface area contributed by atoms with E-state index in [2.05, 4.69) is 27.0 Å². The van der Waals surface area contributed by atoms with Crippen LogP contribution in [-0.2, 0) is 11.3 Å². The Balaban J connectivity index is 0.00000205. The van der Waals surface area contributed by atoms with Crippen LogP contribution < -0.4 is 4.74 Å². The van der Waals surface area contributed by atoms with Crippen LogP contribution in [0.15, 0.2) is 42.6 Å². The molecule has 2 aliphatic heterocycles. The second-order valence-corrected chi connectivity index (χ2v) is 8.61. The number of fused-ring (bicyclic) bond motifs is 3. The summed E-state index contributed by atoms with van der Waals surface area (Å²) in [5.41, 5.74) is 1.93. The van der Waals surface area contributed by atoms with Crippen LogP contribution in [0.4, 0.5) is 0 Å². The lowest BCUT2D eigenvalue weighted by Gasteiger charge is -2.37. The van der Waals surface area contributed by atoms with Gasteiger partial charge in [-0.05, 0) is 55.5 Å². The van der Waals surface area contributed by atoms with Crippen LogP contribution >= 0.6 is 23.7 Å². The van der Waals surface area contributed by atoms with E-state index in [-0.39, 0.29) is 18.3 Å². The van der Waals surface area contributed by atoms with Crippen molar-refractivity contribution >= 4 is 40.1 Å². The monoisotopic (exact) mass is 431 g/mol. The lowest BCUT2D eigenvalue weighted by atomic mass is 9.90. The third kappa shape index (κ3) is 4.08. The Labute approximate surface area is 179 Å². The van der Waals surface area contributed by atoms with Crippen molar-refractivity contribution in [3.05, 3.63) is 48.2 Å². The second-order valence-electron chi connectivity index (χ2n) is 7.61. The number of hydrogen-bond donors (Lipinski definition) is 1. The number of aliphatic carboxylic acids is 1. The summed E-state index contributed by atoms with van der Waals surface area (Å²) in [6.07, 6.45) is 5.51. The molecule has 0 spiro atoms. The highest BCUT2D eigenvalue weighted by Crippen LogP contribution is 2.40. The van der Waals surface area contributed by atoms with Crippen molar-refractivity contribution in [1.82, 2.24) is 14.9 Å². The maximum Gasteiger partial charge on any atom is 0.306 e. The highest BCUT2D eigenvalue weighted by atomic mass is 35.5. The molecular weight excluding hydrogens is 410 g/mol. The summed E-state index contributed by atoms with van der Waals surface area (Å²) in [4.78, 5) is 22.5. The fourth-order valence-electron chi connectivity index (χ4n) is 4.50. The highest BCUT2D eigenvalue weighted by molar-refractivity contribution is 7.20. The zero-order valence-corrected chi connectivity index (χ0v) is 17.4. The molecule has 0 radical (unpaired) electrons. The number of piperidine rings is 1. The molecule has 3 atom stereocenters. The predicted octanol–water partition coefficient (Wildman–Crippen LogP) is 4.73. The number of thiazole rings is 1. The molecule has 152 valence electrons. The first kappa shape index (κ1) is 20.1. The minimum Gasteiger partial charge on any atom is -0.481 e. The normalized spacial score (nSPS) is 23.7. The summed E-state index contributed by atoms with van der Waals surface area (Å²) in [5, 5.41) is 9.93. The van der Waals surface area contributed by atoms with Crippen molar-refractivity contribution in [1.29, 1.82) is 0 Å². The van der Waals surface area contributed by atoms with Gasteiger partial charge in [0.1, 0.15) is 5.75 Å². The molecule has 1 N–H and O–H groups in total. The van der Waals surface area contributed by atoms with Crippen LogP contribution in [0.5, 0.6) is 10.9 Å². The van der Waals surface area contributed by atoms with Gasteiger partial charge in [0, 0.05) is 24.8 Å². The molecule has 1 aromatic carbocycles. The predicted molar refractivity (Wildman–Crippen MR) is 114 cm³/mol. The molecule has 2 saturated heterocycles. The number of ether oxygens (including phenoxy) is 1. The van der Waals surface area contributed by atoms with Crippen LogP contribution in [0.3, 0.4) is 0 Å². The summed E-state index contributed by atoms with van der Waals surface area (Å²) < 4.78 is 6.90. The molecule has 29 heavy (non-hydrogen) atoms. The molecule has 2 aromatic heterocycles. The lowest BCUT2D eigenvalue weighted by molar-refractivity contribution is -0.144. The maximum atomic E-state index is 11.3. The van der Waals surface area contributed by atoms with Crippen LogP contribution in [0.1, 0.15) is 31.2 Å². The van der Waals surface area contributed by atoms with Gasteiger partial charge in [0.2, 0.25) is 0 Å². The average Bonchev–Trinajstić information content (AvgIpc) is 3.19. The molecular formula is C21H22ClN3O3S. The number of carboxylic acid groups (broad SMARTS) is 1. The van der Waals surface area contributed by atoms with E-state index in [1.54, 1.807) is 6.20 Å². The van der Waals surface area contributed by atoms with Gasteiger partial charge < -0.3 is 9.84 Å². The van der Waals surface area contributed by atoms with E-state index in [0.717, 1.165) is 42.7 Å². The van der Waals surface area contributed by atoms with E-state index in [9.17, 15) is 9.90 Å². The van der Waals surface area contributed by atoms with Crippen molar-refractivity contribution in [3.8, 4) is 10.9 Å². The average molecular weight is 432 g/mol. The van der Waals surface area contributed by atoms with Gasteiger partial charge in [0.05, 0.1) is 10.6 Å². The zero-order valence-electron chi connectivity index (χ0n) is 15.7.